The Morgan fingerprint density at radius 2 is 1.25 bits per heavy atom. The molecule has 0 aliphatic carbocycles. The number of ether oxygens (including phenoxy) is 2. The smallest absolute Gasteiger partial charge is 0.202 e. The first-order chi connectivity index (χ1) is 9.74. The molecule has 6 nitrogen and oxygen atoms in total. The molecule has 2 aliphatic rings. The Morgan fingerprint density at radius 3 is 1.60 bits per heavy atom. The van der Waals surface area contributed by atoms with E-state index in [0.29, 0.717) is 13.2 Å². The maximum absolute atomic E-state index is 5.57. The topological polar surface area (TPSA) is 36.7 Å². The minimum absolute atomic E-state index is 0.670. The maximum Gasteiger partial charge on any atom is 0.202 e. The van der Waals surface area contributed by atoms with E-state index in [1.54, 1.807) is 0 Å². The molecule has 0 aromatic heterocycles. The Balaban J connectivity index is 1.35. The summed E-state index contributed by atoms with van der Waals surface area (Å²) in [5.41, 5.74) is 0. The van der Waals surface area contributed by atoms with Gasteiger partial charge in [0.05, 0.1) is 25.6 Å². The lowest BCUT2D eigenvalue weighted by Crippen LogP contribution is -2.31. The number of hydrogen-bond acceptors (Lipinski definition) is 6. The third-order valence-electron chi connectivity index (χ3n) is 3.29. The van der Waals surface area contributed by atoms with E-state index in [1.807, 2.05) is 0 Å². The van der Waals surface area contributed by atoms with Crippen LogP contribution in [0.5, 0.6) is 0 Å². The largest absolute Gasteiger partial charge is 0.373 e. The van der Waals surface area contributed by atoms with Gasteiger partial charge in [-0.3, -0.25) is 0 Å². The van der Waals surface area contributed by atoms with Gasteiger partial charge in [0.15, 0.2) is 25.5 Å². The van der Waals surface area contributed by atoms with Crippen LogP contribution in [0.4, 0.5) is 0 Å². The summed E-state index contributed by atoms with van der Waals surface area (Å²) < 4.78 is 11.1. The number of nitrogens with zero attached hydrogens (tertiary/aromatic N) is 4. The molecule has 0 saturated carbocycles. The highest BCUT2D eigenvalue weighted by Gasteiger charge is 2.19. The van der Waals surface area contributed by atoms with Crippen LogP contribution in [-0.2, 0) is 9.47 Å². The molecular formula is C14H26N4O2+2. The molecule has 0 unspecified atom stereocenters. The molecule has 2 aliphatic heterocycles. The molecule has 0 spiro atoms. The van der Waals surface area contributed by atoms with E-state index in [1.165, 1.54) is 0 Å². The van der Waals surface area contributed by atoms with Crippen molar-refractivity contribution in [1.82, 2.24) is 19.6 Å². The summed E-state index contributed by atoms with van der Waals surface area (Å²) in [6, 6.07) is 0. The molecule has 2 radical (unpaired) electrons. The summed E-state index contributed by atoms with van der Waals surface area (Å²) in [5.74, 6) is 0. The molecule has 112 valence electrons. The average molecular weight is 282 g/mol. The van der Waals surface area contributed by atoms with Crippen molar-refractivity contribution in [3.63, 3.8) is 0 Å². The van der Waals surface area contributed by atoms with Crippen molar-refractivity contribution >= 4 is 0 Å². The van der Waals surface area contributed by atoms with Crippen molar-refractivity contribution in [2.75, 3.05) is 66.9 Å². The third kappa shape index (κ3) is 5.50. The van der Waals surface area contributed by atoms with E-state index < -0.39 is 0 Å². The minimum Gasteiger partial charge on any atom is -0.373 e. The second kappa shape index (κ2) is 8.26. The monoisotopic (exact) mass is 282 g/mol. The van der Waals surface area contributed by atoms with E-state index in [2.05, 4.69) is 58.5 Å². The molecule has 20 heavy (non-hydrogen) atoms. The van der Waals surface area contributed by atoms with Crippen LogP contribution in [0.2, 0.25) is 0 Å². The van der Waals surface area contributed by atoms with E-state index in [9.17, 15) is 0 Å². The van der Waals surface area contributed by atoms with Gasteiger partial charge in [-0.15, -0.1) is 9.80 Å². The second-order valence-corrected chi connectivity index (χ2v) is 5.24. The first kappa shape index (κ1) is 15.3. The Bertz CT molecular complexity index is 303. The molecule has 0 aromatic rings. The van der Waals surface area contributed by atoms with Crippen molar-refractivity contribution < 1.29 is 9.47 Å². The summed E-state index contributed by atoms with van der Waals surface area (Å²) in [6.45, 7) is 6.63. The highest BCUT2D eigenvalue weighted by atomic mass is 16.5. The summed E-state index contributed by atoms with van der Waals surface area (Å²) in [7, 11) is 4.14. The molecule has 0 bridgehead atoms. The van der Waals surface area contributed by atoms with Crippen molar-refractivity contribution in [2.24, 2.45) is 0 Å². The molecule has 0 aromatic carbocycles. The van der Waals surface area contributed by atoms with E-state index >= 15 is 0 Å². The summed E-state index contributed by atoms with van der Waals surface area (Å²) in [5, 5.41) is 0. The van der Waals surface area contributed by atoms with Crippen LogP contribution in [0.25, 0.3) is 0 Å². The molecule has 0 N–H and O–H groups in total. The fourth-order valence-electron chi connectivity index (χ4n) is 2.15. The Morgan fingerprint density at radius 1 is 0.800 bits per heavy atom. The van der Waals surface area contributed by atoms with Crippen LogP contribution in [0.3, 0.4) is 0 Å². The Hall–Kier alpha value is -1.08. The van der Waals surface area contributed by atoms with Gasteiger partial charge >= 0.3 is 0 Å². The highest BCUT2D eigenvalue weighted by molar-refractivity contribution is 4.93. The molecule has 6 heteroatoms. The van der Waals surface area contributed by atoms with Gasteiger partial charge in [-0.1, -0.05) is 0 Å². The summed E-state index contributed by atoms with van der Waals surface area (Å²) in [6.07, 6.45) is 8.35. The molecule has 0 saturated heterocycles. The highest BCUT2D eigenvalue weighted by Crippen LogP contribution is 2.00. The predicted octanol–water partition coefficient (Wildman–Crippen LogP) is 0.0480. The van der Waals surface area contributed by atoms with Gasteiger partial charge in [0.1, 0.15) is 13.2 Å². The van der Waals surface area contributed by atoms with Crippen LogP contribution in [-0.4, -0.2) is 76.7 Å². The van der Waals surface area contributed by atoms with E-state index in [-0.39, 0.29) is 0 Å². The van der Waals surface area contributed by atoms with E-state index in [0.717, 1.165) is 39.6 Å². The van der Waals surface area contributed by atoms with Crippen molar-refractivity contribution in [1.29, 1.82) is 0 Å². The Labute approximate surface area is 121 Å². The SMILES string of the molecule is CN1C=C[N+](CCOCCOCC[N+]2C=CN(C)C2)C1. The minimum atomic E-state index is 0.670. The van der Waals surface area contributed by atoms with Crippen LogP contribution in [0, 0.1) is 0 Å². The first-order valence-electron chi connectivity index (χ1n) is 7.15. The summed E-state index contributed by atoms with van der Waals surface area (Å²) in [4.78, 5) is 8.76. The third-order valence-corrected chi connectivity index (χ3v) is 3.29. The van der Waals surface area contributed by atoms with Gasteiger partial charge in [0.25, 0.3) is 0 Å². The maximum atomic E-state index is 5.57. The van der Waals surface area contributed by atoms with E-state index in [4.69, 9.17) is 9.47 Å². The number of rotatable bonds is 9. The molecule has 0 atom stereocenters. The van der Waals surface area contributed by atoms with Crippen molar-refractivity contribution in [2.45, 2.75) is 0 Å². The van der Waals surface area contributed by atoms with Gasteiger partial charge in [-0.25, -0.2) is 0 Å². The van der Waals surface area contributed by atoms with Crippen LogP contribution in [0.15, 0.2) is 24.8 Å². The lowest BCUT2D eigenvalue weighted by atomic mass is 10.6. The van der Waals surface area contributed by atoms with Crippen molar-refractivity contribution in [3.8, 4) is 0 Å². The second-order valence-electron chi connectivity index (χ2n) is 5.24. The zero-order valence-electron chi connectivity index (χ0n) is 12.6. The predicted molar refractivity (Wildman–Crippen MR) is 79.2 cm³/mol. The standard InChI is InChI=1S/C14H26N4O2/c1-15-3-5-17(13-15)7-9-19-11-12-20-10-8-18-6-4-16(2)14-18/h3-6H,7-14H2,1-2H3/q+2. The van der Waals surface area contributed by atoms with Gasteiger partial charge in [-0.05, 0) is 0 Å². The van der Waals surface area contributed by atoms with Crippen molar-refractivity contribution in [3.05, 3.63) is 24.8 Å². The van der Waals surface area contributed by atoms with Crippen LogP contribution in [0.1, 0.15) is 0 Å². The van der Waals surface area contributed by atoms with Gasteiger partial charge in [0.2, 0.25) is 13.3 Å². The molecule has 0 amide bonds. The first-order valence-corrected chi connectivity index (χ1v) is 7.15. The Kier molecular flexibility index (Phi) is 6.32. The van der Waals surface area contributed by atoms with Crippen LogP contribution >= 0.6 is 0 Å². The molecule has 2 rings (SSSR count). The zero-order chi connectivity index (χ0) is 14.2. The zero-order valence-corrected chi connectivity index (χ0v) is 12.6. The lowest BCUT2D eigenvalue weighted by Gasteiger charge is -2.08. The van der Waals surface area contributed by atoms with Gasteiger partial charge < -0.3 is 19.3 Å². The fraction of sp³-hybridized carbons (Fsp3) is 0.714. The molecule has 0 fully saturated rings. The molecule has 2 heterocycles. The average Bonchev–Trinajstić information content (AvgIpc) is 3.02. The quantitative estimate of drug-likeness (QED) is 0.442. The van der Waals surface area contributed by atoms with Crippen LogP contribution < -0.4 is 9.80 Å². The normalized spacial score (nSPS) is 19.7. The fourth-order valence-corrected chi connectivity index (χ4v) is 2.15. The van der Waals surface area contributed by atoms with Gasteiger partial charge in [-0.2, -0.15) is 0 Å². The molecular weight excluding hydrogens is 256 g/mol. The number of hydrogen-bond donors (Lipinski definition) is 0. The van der Waals surface area contributed by atoms with Gasteiger partial charge in [0, 0.05) is 14.1 Å². The summed E-state index contributed by atoms with van der Waals surface area (Å²) >= 11 is 0. The lowest BCUT2D eigenvalue weighted by molar-refractivity contribution is 0.0446.